The number of hydrogen-bond donors (Lipinski definition) is 1. The normalized spacial score (nSPS) is 24.9. The van der Waals surface area contributed by atoms with Gasteiger partial charge in [0.1, 0.15) is 5.75 Å². The second-order valence-electron chi connectivity index (χ2n) is 6.20. The van der Waals surface area contributed by atoms with Gasteiger partial charge in [0.2, 0.25) is 0 Å². The van der Waals surface area contributed by atoms with Crippen LogP contribution in [0.2, 0.25) is 0 Å². The van der Waals surface area contributed by atoms with Crippen LogP contribution in [0.1, 0.15) is 24.9 Å². The molecule has 0 radical (unpaired) electrons. The van der Waals surface area contributed by atoms with Crippen molar-refractivity contribution in [1.29, 1.82) is 0 Å². The fourth-order valence-corrected chi connectivity index (χ4v) is 4.32. The Morgan fingerprint density at radius 3 is 2.96 bits per heavy atom. The van der Waals surface area contributed by atoms with Crippen molar-refractivity contribution in [3.63, 3.8) is 0 Å². The average Bonchev–Trinajstić information content (AvgIpc) is 2.55. The third-order valence-corrected chi connectivity index (χ3v) is 5.76. The lowest BCUT2D eigenvalue weighted by molar-refractivity contribution is 0.0378. The van der Waals surface area contributed by atoms with Crippen molar-refractivity contribution in [3.8, 4) is 5.75 Å². The van der Waals surface area contributed by atoms with Gasteiger partial charge in [-0.2, -0.15) is 0 Å². The van der Waals surface area contributed by atoms with Gasteiger partial charge in [-0.25, -0.2) is 4.79 Å². The van der Waals surface area contributed by atoms with Gasteiger partial charge in [-0.15, -0.1) is 11.8 Å². The predicted octanol–water partition coefficient (Wildman–Crippen LogP) is 4.94. The highest BCUT2D eigenvalue weighted by Gasteiger charge is 2.49. The van der Waals surface area contributed by atoms with E-state index in [0.717, 1.165) is 26.4 Å². The predicted molar refractivity (Wildman–Crippen MR) is 99.8 cm³/mol. The minimum absolute atomic E-state index is 0.0382. The first-order chi connectivity index (χ1) is 11.5. The number of thioether (sulfide) groups is 1. The number of nitrogens with one attached hydrogen (secondary N) is 1. The Labute approximate surface area is 153 Å². The van der Waals surface area contributed by atoms with Crippen molar-refractivity contribution in [1.82, 2.24) is 5.32 Å². The first-order valence-corrected chi connectivity index (χ1v) is 9.75. The summed E-state index contributed by atoms with van der Waals surface area (Å²) in [6, 6.07) is 13.8. The number of halogens is 1. The standard InChI is InChI=1S/C18H17BrN2O2S/c1-18-10-15(14-8-11(19)6-7-16(14)23-18)20-17(22)21(18)12-4-3-5-13(9-12)24-2/h3-9,15H,10H2,1-2H3,(H,20,22). The Morgan fingerprint density at radius 1 is 1.33 bits per heavy atom. The van der Waals surface area contributed by atoms with Crippen LogP contribution >= 0.6 is 27.7 Å². The average molecular weight is 405 g/mol. The molecule has 2 unspecified atom stereocenters. The van der Waals surface area contributed by atoms with Crippen molar-refractivity contribution >= 4 is 39.4 Å². The number of amides is 2. The monoisotopic (exact) mass is 404 g/mol. The van der Waals surface area contributed by atoms with Gasteiger partial charge in [-0.3, -0.25) is 4.90 Å². The summed E-state index contributed by atoms with van der Waals surface area (Å²) in [6.45, 7) is 1.98. The number of ether oxygens (including phenoxy) is 1. The number of benzene rings is 2. The lowest BCUT2D eigenvalue weighted by Crippen LogP contribution is -2.65. The second kappa shape index (κ2) is 5.70. The number of urea groups is 1. The molecule has 2 aromatic rings. The molecule has 1 N–H and O–H groups in total. The van der Waals surface area contributed by atoms with E-state index in [2.05, 4.69) is 21.2 Å². The van der Waals surface area contributed by atoms with Gasteiger partial charge >= 0.3 is 6.03 Å². The zero-order valence-corrected chi connectivity index (χ0v) is 15.8. The summed E-state index contributed by atoms with van der Waals surface area (Å²) < 4.78 is 7.28. The Bertz CT molecular complexity index is 828. The van der Waals surface area contributed by atoms with Gasteiger partial charge in [0, 0.05) is 21.4 Å². The largest absolute Gasteiger partial charge is 0.467 e. The van der Waals surface area contributed by atoms with Gasteiger partial charge in [0.05, 0.1) is 11.7 Å². The second-order valence-corrected chi connectivity index (χ2v) is 8.00. The zero-order chi connectivity index (χ0) is 16.9. The molecule has 1 saturated heterocycles. The number of hydrogen-bond acceptors (Lipinski definition) is 3. The van der Waals surface area contributed by atoms with Crippen LogP contribution in [-0.4, -0.2) is 18.0 Å². The summed E-state index contributed by atoms with van der Waals surface area (Å²) in [6.07, 6.45) is 2.73. The Balaban J connectivity index is 1.79. The number of fused-ring (bicyclic) bond motifs is 4. The van der Waals surface area contributed by atoms with Crippen molar-refractivity contribution in [2.45, 2.75) is 30.0 Å². The molecule has 0 aliphatic carbocycles. The van der Waals surface area contributed by atoms with Crippen molar-refractivity contribution in [2.24, 2.45) is 0 Å². The minimum Gasteiger partial charge on any atom is -0.467 e. The fraction of sp³-hybridized carbons (Fsp3) is 0.278. The maximum Gasteiger partial charge on any atom is 0.325 e. The molecular formula is C18H17BrN2O2S. The first-order valence-electron chi connectivity index (χ1n) is 7.73. The van der Waals surface area contributed by atoms with Crippen LogP contribution in [-0.2, 0) is 0 Å². The molecule has 0 spiro atoms. The molecule has 6 heteroatoms. The van der Waals surface area contributed by atoms with Gasteiger partial charge in [0.25, 0.3) is 0 Å². The molecule has 0 saturated carbocycles. The summed E-state index contributed by atoms with van der Waals surface area (Å²) >= 11 is 5.15. The summed E-state index contributed by atoms with van der Waals surface area (Å²) in [4.78, 5) is 15.7. The highest BCUT2D eigenvalue weighted by atomic mass is 79.9. The lowest BCUT2D eigenvalue weighted by atomic mass is 9.90. The summed E-state index contributed by atoms with van der Waals surface area (Å²) in [5, 5.41) is 3.12. The Hall–Kier alpha value is -1.66. The third kappa shape index (κ3) is 2.48. The number of carbonyl (C=O) groups is 1. The van der Waals surface area contributed by atoms with E-state index in [4.69, 9.17) is 4.74 Å². The number of carbonyl (C=O) groups excluding carboxylic acids is 1. The van der Waals surface area contributed by atoms with Gasteiger partial charge < -0.3 is 10.1 Å². The van der Waals surface area contributed by atoms with Crippen molar-refractivity contribution in [2.75, 3.05) is 11.2 Å². The highest BCUT2D eigenvalue weighted by Crippen LogP contribution is 2.46. The molecule has 2 aliphatic heterocycles. The molecule has 1 fully saturated rings. The maximum absolute atomic E-state index is 12.8. The van der Waals surface area contributed by atoms with Crippen LogP contribution in [0.4, 0.5) is 10.5 Å². The fourth-order valence-electron chi connectivity index (χ4n) is 3.49. The van der Waals surface area contributed by atoms with E-state index in [1.807, 2.05) is 55.6 Å². The molecule has 124 valence electrons. The highest BCUT2D eigenvalue weighted by molar-refractivity contribution is 9.10. The molecule has 24 heavy (non-hydrogen) atoms. The SMILES string of the molecule is CSc1cccc(N2C(=O)NC3CC2(C)Oc2ccc(Br)cc23)c1. The molecule has 0 aromatic heterocycles. The lowest BCUT2D eigenvalue weighted by Gasteiger charge is -2.50. The summed E-state index contributed by atoms with van der Waals surface area (Å²) in [5.74, 6) is 0.822. The maximum atomic E-state index is 12.8. The van der Waals surface area contributed by atoms with Crippen molar-refractivity contribution in [3.05, 3.63) is 52.5 Å². The molecule has 2 aromatic carbocycles. The first kappa shape index (κ1) is 15.8. The minimum atomic E-state index is -0.704. The van der Waals surface area contributed by atoms with Crippen molar-refractivity contribution < 1.29 is 9.53 Å². The topological polar surface area (TPSA) is 41.6 Å². The molecule has 2 bridgehead atoms. The van der Waals surface area contributed by atoms with Crippen LogP contribution in [0.5, 0.6) is 5.75 Å². The van der Waals surface area contributed by atoms with E-state index >= 15 is 0 Å². The zero-order valence-electron chi connectivity index (χ0n) is 13.4. The van der Waals surface area contributed by atoms with Crippen LogP contribution < -0.4 is 15.0 Å². The van der Waals surface area contributed by atoms with E-state index in [-0.39, 0.29) is 12.1 Å². The molecule has 2 heterocycles. The smallest absolute Gasteiger partial charge is 0.325 e. The quantitative estimate of drug-likeness (QED) is 0.720. The molecule has 2 atom stereocenters. The van der Waals surface area contributed by atoms with Gasteiger partial charge in [-0.1, -0.05) is 22.0 Å². The summed E-state index contributed by atoms with van der Waals surface area (Å²) in [5.41, 5.74) is 1.17. The number of nitrogens with zero attached hydrogens (tertiary/aromatic N) is 1. The number of anilines is 1. The van der Waals surface area contributed by atoms with Gasteiger partial charge in [0.15, 0.2) is 5.72 Å². The van der Waals surface area contributed by atoms with Crippen LogP contribution in [0, 0.1) is 0 Å². The van der Waals surface area contributed by atoms with E-state index in [9.17, 15) is 4.79 Å². The molecule has 2 aliphatic rings. The van der Waals surface area contributed by atoms with Gasteiger partial charge in [-0.05, 0) is 49.6 Å². The molecular weight excluding hydrogens is 388 g/mol. The molecule has 2 amide bonds. The van der Waals surface area contributed by atoms with E-state index in [1.165, 1.54) is 0 Å². The number of rotatable bonds is 2. The van der Waals surface area contributed by atoms with E-state index in [1.54, 1.807) is 16.7 Å². The summed E-state index contributed by atoms with van der Waals surface area (Å²) in [7, 11) is 0. The Kier molecular flexibility index (Phi) is 3.77. The van der Waals surface area contributed by atoms with Crippen LogP contribution in [0.25, 0.3) is 0 Å². The molecule has 4 nitrogen and oxygen atoms in total. The van der Waals surface area contributed by atoms with E-state index in [0.29, 0.717) is 6.42 Å². The molecule has 4 rings (SSSR count). The third-order valence-electron chi connectivity index (χ3n) is 4.55. The van der Waals surface area contributed by atoms with E-state index < -0.39 is 5.72 Å². The van der Waals surface area contributed by atoms with Crippen LogP contribution in [0.3, 0.4) is 0 Å². The van der Waals surface area contributed by atoms with Crippen LogP contribution in [0.15, 0.2) is 51.8 Å². The Morgan fingerprint density at radius 2 is 2.17 bits per heavy atom.